The Morgan fingerprint density at radius 2 is 2.18 bits per heavy atom. The van der Waals surface area contributed by atoms with Crippen molar-refractivity contribution in [2.45, 2.75) is 20.4 Å². The Hall–Kier alpha value is -1.05. The molecule has 0 fully saturated rings. The van der Waals surface area contributed by atoms with Crippen LogP contribution < -0.4 is 16.6 Å². The molecule has 0 aliphatic rings. The Balaban J connectivity index is 0.00000256. The molecule has 0 saturated heterocycles. The van der Waals surface area contributed by atoms with Crippen molar-refractivity contribution in [1.82, 2.24) is 9.88 Å². The first kappa shape index (κ1) is 16.0. The van der Waals surface area contributed by atoms with Crippen LogP contribution in [0.15, 0.2) is 21.9 Å². The summed E-state index contributed by atoms with van der Waals surface area (Å²) in [6, 6.07) is 3.69. The van der Waals surface area contributed by atoms with E-state index in [4.69, 9.17) is 5.73 Å². The number of aryl methyl sites for hydroxylation is 1. The van der Waals surface area contributed by atoms with Crippen LogP contribution in [0.1, 0.15) is 18.2 Å². The van der Waals surface area contributed by atoms with E-state index in [0.717, 1.165) is 12.2 Å². The first-order valence-electron chi connectivity index (χ1n) is 5.25. The highest BCUT2D eigenvalue weighted by molar-refractivity contribution is 14.0. The fraction of sp³-hybridized carbons (Fsp3) is 0.455. The Labute approximate surface area is 118 Å². The van der Waals surface area contributed by atoms with Gasteiger partial charge in [0.1, 0.15) is 0 Å². The van der Waals surface area contributed by atoms with Gasteiger partial charge in [-0.3, -0.25) is 4.79 Å². The van der Waals surface area contributed by atoms with Gasteiger partial charge in [0.05, 0.1) is 6.54 Å². The monoisotopic (exact) mass is 350 g/mol. The molecule has 1 rings (SSSR count). The van der Waals surface area contributed by atoms with Gasteiger partial charge in [0.15, 0.2) is 5.96 Å². The van der Waals surface area contributed by atoms with Crippen LogP contribution in [-0.4, -0.2) is 17.1 Å². The normalized spacial score (nSPS) is 10.9. The number of nitrogens with one attached hydrogen (secondary N) is 1. The summed E-state index contributed by atoms with van der Waals surface area (Å²) in [6.45, 7) is 4.86. The van der Waals surface area contributed by atoms with E-state index in [-0.39, 0.29) is 29.5 Å². The molecule has 5 nitrogen and oxygen atoms in total. The van der Waals surface area contributed by atoms with Gasteiger partial charge in [-0.25, -0.2) is 4.99 Å². The lowest BCUT2D eigenvalue weighted by Crippen LogP contribution is -2.31. The summed E-state index contributed by atoms with van der Waals surface area (Å²) >= 11 is 0. The van der Waals surface area contributed by atoms with Crippen molar-refractivity contribution in [3.63, 3.8) is 0 Å². The molecule has 0 unspecified atom stereocenters. The Morgan fingerprint density at radius 1 is 1.53 bits per heavy atom. The third-order valence-electron chi connectivity index (χ3n) is 2.41. The number of guanidine groups is 1. The van der Waals surface area contributed by atoms with Crippen molar-refractivity contribution in [3.05, 3.63) is 33.7 Å². The largest absolute Gasteiger partial charge is 0.370 e. The van der Waals surface area contributed by atoms with Gasteiger partial charge < -0.3 is 15.6 Å². The van der Waals surface area contributed by atoms with E-state index in [2.05, 4.69) is 10.3 Å². The number of aromatic nitrogens is 1. The lowest BCUT2D eigenvalue weighted by molar-refractivity contribution is 0.793. The zero-order chi connectivity index (χ0) is 12.1. The number of halogens is 1. The summed E-state index contributed by atoms with van der Waals surface area (Å²) in [4.78, 5) is 15.9. The molecule has 1 aromatic rings. The van der Waals surface area contributed by atoms with Gasteiger partial charge in [0.25, 0.3) is 5.56 Å². The highest BCUT2D eigenvalue weighted by Gasteiger charge is 2.02. The molecule has 0 spiro atoms. The lowest BCUT2D eigenvalue weighted by atomic mass is 10.2. The van der Waals surface area contributed by atoms with Gasteiger partial charge >= 0.3 is 0 Å². The minimum atomic E-state index is -0.0203. The number of nitrogens with zero attached hydrogens (tertiary/aromatic N) is 2. The van der Waals surface area contributed by atoms with Crippen molar-refractivity contribution in [3.8, 4) is 0 Å². The number of rotatable bonds is 3. The SMILES string of the molecule is CCNC(N)=NCc1ccc(C)n(C)c1=O.I. The van der Waals surface area contributed by atoms with Crippen molar-refractivity contribution in [1.29, 1.82) is 0 Å². The van der Waals surface area contributed by atoms with Crippen LogP contribution in [0.4, 0.5) is 0 Å². The Kier molecular flexibility index (Phi) is 6.86. The second-order valence-electron chi connectivity index (χ2n) is 3.60. The summed E-state index contributed by atoms with van der Waals surface area (Å²) in [5, 5.41) is 2.88. The lowest BCUT2D eigenvalue weighted by Gasteiger charge is -2.05. The highest BCUT2D eigenvalue weighted by atomic mass is 127. The molecule has 1 heterocycles. The predicted octanol–water partition coefficient (Wildman–Crippen LogP) is 0.736. The van der Waals surface area contributed by atoms with Crippen LogP contribution in [-0.2, 0) is 13.6 Å². The minimum Gasteiger partial charge on any atom is -0.370 e. The van der Waals surface area contributed by atoms with Gasteiger partial charge in [0, 0.05) is 24.8 Å². The van der Waals surface area contributed by atoms with E-state index >= 15 is 0 Å². The van der Waals surface area contributed by atoms with E-state index in [9.17, 15) is 4.79 Å². The molecule has 6 heteroatoms. The molecular weight excluding hydrogens is 331 g/mol. The maximum Gasteiger partial charge on any atom is 0.255 e. The van der Waals surface area contributed by atoms with Crippen LogP contribution in [0.3, 0.4) is 0 Å². The van der Waals surface area contributed by atoms with E-state index in [1.807, 2.05) is 19.9 Å². The number of nitrogens with two attached hydrogens (primary N) is 1. The molecule has 3 N–H and O–H groups in total. The Morgan fingerprint density at radius 3 is 2.76 bits per heavy atom. The van der Waals surface area contributed by atoms with Crippen LogP contribution in [0, 0.1) is 6.92 Å². The molecule has 0 amide bonds. The van der Waals surface area contributed by atoms with Gasteiger partial charge in [-0.15, -0.1) is 24.0 Å². The zero-order valence-corrected chi connectivity index (χ0v) is 12.7. The number of hydrogen-bond donors (Lipinski definition) is 2. The highest BCUT2D eigenvalue weighted by Crippen LogP contribution is 1.98. The van der Waals surface area contributed by atoms with Gasteiger partial charge in [0.2, 0.25) is 0 Å². The third kappa shape index (κ3) is 4.37. The summed E-state index contributed by atoms with van der Waals surface area (Å²) in [6.07, 6.45) is 0. The van der Waals surface area contributed by atoms with Crippen LogP contribution in [0.25, 0.3) is 0 Å². The molecule has 17 heavy (non-hydrogen) atoms. The van der Waals surface area contributed by atoms with Gasteiger partial charge in [-0.2, -0.15) is 0 Å². The van der Waals surface area contributed by atoms with Gasteiger partial charge in [-0.05, 0) is 26.0 Å². The molecule has 0 bridgehead atoms. The average Bonchev–Trinajstić information content (AvgIpc) is 2.25. The molecule has 0 aliphatic carbocycles. The Bertz CT molecular complexity index is 453. The maximum absolute atomic E-state index is 11.8. The second-order valence-corrected chi connectivity index (χ2v) is 3.60. The van der Waals surface area contributed by atoms with Crippen molar-refractivity contribution < 1.29 is 0 Å². The van der Waals surface area contributed by atoms with E-state index < -0.39 is 0 Å². The standard InChI is InChI=1S/C11H18N4O.HI/c1-4-13-11(12)14-7-9-6-5-8(2)15(3)10(9)16;/h5-6H,4,7H2,1-3H3,(H3,12,13,14);1H. The summed E-state index contributed by atoms with van der Waals surface area (Å²) in [5.74, 6) is 0.366. The molecule has 0 radical (unpaired) electrons. The molecule has 0 saturated carbocycles. The molecule has 0 aromatic carbocycles. The summed E-state index contributed by atoms with van der Waals surface area (Å²) < 4.78 is 1.61. The van der Waals surface area contributed by atoms with E-state index in [1.165, 1.54) is 0 Å². The van der Waals surface area contributed by atoms with Gasteiger partial charge in [-0.1, -0.05) is 0 Å². The summed E-state index contributed by atoms with van der Waals surface area (Å²) in [7, 11) is 1.75. The average molecular weight is 350 g/mol. The van der Waals surface area contributed by atoms with Crippen molar-refractivity contribution >= 4 is 29.9 Å². The first-order valence-corrected chi connectivity index (χ1v) is 5.25. The van der Waals surface area contributed by atoms with E-state index in [0.29, 0.717) is 18.1 Å². The van der Waals surface area contributed by atoms with Crippen molar-refractivity contribution in [2.24, 2.45) is 17.8 Å². The molecule has 0 aliphatic heterocycles. The molecule has 96 valence electrons. The molecular formula is C11H19IN4O. The number of pyridine rings is 1. The predicted molar refractivity (Wildman–Crippen MR) is 80.8 cm³/mol. The number of aliphatic imine (C=N–C) groups is 1. The smallest absolute Gasteiger partial charge is 0.255 e. The van der Waals surface area contributed by atoms with Crippen molar-refractivity contribution in [2.75, 3.05) is 6.54 Å². The topological polar surface area (TPSA) is 72.4 Å². The summed E-state index contributed by atoms with van der Waals surface area (Å²) in [5.41, 5.74) is 7.14. The van der Waals surface area contributed by atoms with Crippen LogP contribution >= 0.6 is 24.0 Å². The zero-order valence-electron chi connectivity index (χ0n) is 10.4. The first-order chi connectivity index (χ1) is 7.56. The maximum atomic E-state index is 11.8. The van der Waals surface area contributed by atoms with Crippen LogP contribution in [0.5, 0.6) is 0 Å². The fourth-order valence-electron chi connectivity index (χ4n) is 1.31. The van der Waals surface area contributed by atoms with Crippen LogP contribution in [0.2, 0.25) is 0 Å². The quantitative estimate of drug-likeness (QED) is 0.480. The second kappa shape index (κ2) is 7.31. The minimum absolute atomic E-state index is 0. The third-order valence-corrected chi connectivity index (χ3v) is 2.41. The molecule has 0 atom stereocenters. The van der Waals surface area contributed by atoms with E-state index in [1.54, 1.807) is 17.7 Å². The molecule has 1 aromatic heterocycles. The number of hydrogen-bond acceptors (Lipinski definition) is 2. The fourth-order valence-corrected chi connectivity index (χ4v) is 1.31.